The van der Waals surface area contributed by atoms with Crippen LogP contribution in [0, 0.1) is 18.7 Å². The third kappa shape index (κ3) is 3.37. The Morgan fingerprint density at radius 3 is 2.46 bits per heavy atom. The number of anilines is 1. The fourth-order valence-corrected chi connectivity index (χ4v) is 4.28. The van der Waals surface area contributed by atoms with Gasteiger partial charge in [-0.2, -0.15) is 0 Å². The van der Waals surface area contributed by atoms with Gasteiger partial charge in [-0.3, -0.25) is 9.20 Å². The predicted molar refractivity (Wildman–Crippen MR) is 109 cm³/mol. The highest BCUT2D eigenvalue weighted by molar-refractivity contribution is 5.89. The highest BCUT2D eigenvalue weighted by atomic mass is 35.5. The van der Waals surface area contributed by atoms with Crippen LogP contribution in [0.15, 0.2) is 17.1 Å². The first-order valence-corrected chi connectivity index (χ1v) is 9.49. The number of pyridine rings is 2. The molecule has 2 aliphatic rings. The molecule has 0 unspecified atom stereocenters. The van der Waals surface area contributed by atoms with E-state index in [1.165, 1.54) is 10.5 Å². The van der Waals surface area contributed by atoms with Crippen LogP contribution < -0.4 is 16.2 Å². The summed E-state index contributed by atoms with van der Waals surface area (Å²) in [6.07, 6.45) is 4.91. The van der Waals surface area contributed by atoms with Crippen molar-refractivity contribution in [2.75, 3.05) is 24.5 Å². The average Bonchev–Trinajstić information content (AvgIpc) is 3.48. The van der Waals surface area contributed by atoms with Crippen LogP contribution in [-0.2, 0) is 0 Å². The predicted octanol–water partition coefficient (Wildman–Crippen LogP) is 2.92. The lowest BCUT2D eigenvalue weighted by atomic mass is 9.95. The molecule has 0 atom stereocenters. The van der Waals surface area contributed by atoms with Crippen molar-refractivity contribution in [2.24, 2.45) is 11.7 Å². The van der Waals surface area contributed by atoms with Gasteiger partial charge in [-0.15, -0.1) is 12.4 Å². The Bertz CT molecular complexity index is 979. The number of rotatable bonds is 4. The Labute approximate surface area is 168 Å². The number of nitrogens with two attached hydrogens (primary N) is 1. The van der Waals surface area contributed by atoms with Gasteiger partial charge in [0.15, 0.2) is 5.82 Å². The van der Waals surface area contributed by atoms with Gasteiger partial charge in [-0.1, -0.05) is 0 Å². The van der Waals surface area contributed by atoms with Gasteiger partial charge >= 0.3 is 5.97 Å². The van der Waals surface area contributed by atoms with Gasteiger partial charge in [0, 0.05) is 13.1 Å². The Morgan fingerprint density at radius 2 is 1.93 bits per heavy atom. The third-order valence-electron chi connectivity index (χ3n) is 5.95. The van der Waals surface area contributed by atoms with E-state index < -0.39 is 17.3 Å². The van der Waals surface area contributed by atoms with Gasteiger partial charge in [0.25, 0.3) is 5.56 Å². The number of piperidine rings is 1. The molecular weight excluding hydrogens is 385 g/mol. The summed E-state index contributed by atoms with van der Waals surface area (Å²) in [6.45, 7) is 3.93. The molecule has 0 amide bonds. The molecule has 8 heteroatoms. The van der Waals surface area contributed by atoms with Crippen LogP contribution in [0.3, 0.4) is 0 Å². The largest absolute Gasteiger partial charge is 0.477 e. The Balaban J connectivity index is 0.00000225. The SMILES string of the molecule is Cc1c(N2CCC(CN)CC2)c(F)cn2c(=O)c(C(=O)O)cc(C3CC3)c12.Cl. The van der Waals surface area contributed by atoms with Crippen molar-refractivity contribution in [3.8, 4) is 0 Å². The van der Waals surface area contributed by atoms with Crippen molar-refractivity contribution in [3.05, 3.63) is 45.1 Å². The lowest BCUT2D eigenvalue weighted by Crippen LogP contribution is -2.37. The summed E-state index contributed by atoms with van der Waals surface area (Å²) in [5, 5.41) is 9.37. The number of fused-ring (bicyclic) bond motifs is 1. The molecule has 2 aromatic heterocycles. The van der Waals surface area contributed by atoms with Crippen molar-refractivity contribution in [1.29, 1.82) is 0 Å². The van der Waals surface area contributed by atoms with Gasteiger partial charge < -0.3 is 15.7 Å². The molecule has 3 heterocycles. The van der Waals surface area contributed by atoms with Crippen LogP contribution in [0.4, 0.5) is 10.1 Å². The normalized spacial score (nSPS) is 17.6. The number of nitrogens with zero attached hydrogens (tertiary/aromatic N) is 2. The molecule has 0 spiro atoms. The molecule has 152 valence electrons. The zero-order chi connectivity index (χ0) is 19.3. The summed E-state index contributed by atoms with van der Waals surface area (Å²) in [6, 6.07) is 1.49. The van der Waals surface area contributed by atoms with Gasteiger partial charge in [0.1, 0.15) is 5.56 Å². The molecule has 3 N–H and O–H groups in total. The van der Waals surface area contributed by atoms with Gasteiger partial charge in [-0.05, 0) is 68.2 Å². The molecule has 2 aromatic rings. The first-order chi connectivity index (χ1) is 12.9. The fraction of sp³-hybridized carbons (Fsp3) is 0.500. The minimum atomic E-state index is -1.28. The number of aromatic carboxylic acids is 1. The summed E-state index contributed by atoms with van der Waals surface area (Å²) in [5.41, 5.74) is 7.50. The molecule has 28 heavy (non-hydrogen) atoms. The second kappa shape index (κ2) is 7.72. The number of carboxylic acids is 1. The standard InChI is InChI=1S/C20H24FN3O3.ClH/c1-11-17-14(13-2-3-13)8-15(20(26)27)19(25)24(17)10-16(21)18(11)23-6-4-12(9-22)5-7-23;/h8,10,12-13H,2-7,9,22H2,1H3,(H,26,27);1H. The van der Waals surface area contributed by atoms with Crippen LogP contribution in [0.1, 0.15) is 53.1 Å². The maximum atomic E-state index is 15.0. The number of halogens is 2. The second-order valence-electron chi connectivity index (χ2n) is 7.73. The van der Waals surface area contributed by atoms with E-state index in [-0.39, 0.29) is 23.9 Å². The van der Waals surface area contributed by atoms with Crippen LogP contribution >= 0.6 is 12.4 Å². The zero-order valence-electron chi connectivity index (χ0n) is 15.8. The number of aromatic nitrogens is 1. The highest BCUT2D eigenvalue weighted by Crippen LogP contribution is 2.44. The number of hydrogen-bond donors (Lipinski definition) is 2. The average molecular weight is 410 g/mol. The summed E-state index contributed by atoms with van der Waals surface area (Å²) < 4.78 is 16.2. The molecule has 1 saturated carbocycles. The molecule has 1 aliphatic heterocycles. The van der Waals surface area contributed by atoms with Crippen molar-refractivity contribution in [2.45, 2.75) is 38.5 Å². The molecule has 0 radical (unpaired) electrons. The molecular formula is C20H25ClFN3O3. The molecule has 0 bridgehead atoms. The van der Waals surface area contributed by atoms with Crippen molar-refractivity contribution >= 4 is 29.6 Å². The van der Waals surface area contributed by atoms with Gasteiger partial charge in [0.05, 0.1) is 17.4 Å². The van der Waals surface area contributed by atoms with Crippen LogP contribution in [-0.4, -0.2) is 35.1 Å². The summed E-state index contributed by atoms with van der Waals surface area (Å²) in [5.74, 6) is -1.06. The Hall–Kier alpha value is -2.12. The minimum Gasteiger partial charge on any atom is -0.477 e. The smallest absolute Gasteiger partial charge is 0.341 e. The van der Waals surface area contributed by atoms with Crippen molar-refractivity contribution in [3.63, 3.8) is 0 Å². The van der Waals surface area contributed by atoms with E-state index >= 15 is 4.39 Å². The molecule has 1 saturated heterocycles. The zero-order valence-corrected chi connectivity index (χ0v) is 16.6. The number of hydrogen-bond acceptors (Lipinski definition) is 4. The van der Waals surface area contributed by atoms with E-state index in [1.807, 2.05) is 11.8 Å². The Kier molecular flexibility index (Phi) is 5.68. The lowest BCUT2D eigenvalue weighted by Gasteiger charge is -2.34. The summed E-state index contributed by atoms with van der Waals surface area (Å²) >= 11 is 0. The van der Waals surface area contributed by atoms with E-state index in [0.29, 0.717) is 29.2 Å². The minimum absolute atomic E-state index is 0. The van der Waals surface area contributed by atoms with Gasteiger partial charge in [-0.25, -0.2) is 9.18 Å². The monoisotopic (exact) mass is 409 g/mol. The van der Waals surface area contributed by atoms with E-state index in [1.54, 1.807) is 0 Å². The molecule has 0 aromatic carbocycles. The first kappa shape index (κ1) is 20.6. The van der Waals surface area contributed by atoms with Crippen LogP contribution in [0.5, 0.6) is 0 Å². The van der Waals surface area contributed by atoms with E-state index in [2.05, 4.69) is 0 Å². The van der Waals surface area contributed by atoms with E-state index in [0.717, 1.165) is 50.5 Å². The molecule has 1 aliphatic carbocycles. The number of carboxylic acid groups (broad SMARTS) is 1. The quantitative estimate of drug-likeness (QED) is 0.810. The maximum absolute atomic E-state index is 15.0. The number of carbonyl (C=O) groups is 1. The first-order valence-electron chi connectivity index (χ1n) is 9.49. The van der Waals surface area contributed by atoms with Gasteiger partial charge in [0.2, 0.25) is 0 Å². The van der Waals surface area contributed by atoms with Crippen molar-refractivity contribution < 1.29 is 14.3 Å². The van der Waals surface area contributed by atoms with E-state index in [9.17, 15) is 14.7 Å². The fourth-order valence-electron chi connectivity index (χ4n) is 4.28. The summed E-state index contributed by atoms with van der Waals surface area (Å²) in [4.78, 5) is 26.1. The molecule has 6 nitrogen and oxygen atoms in total. The third-order valence-corrected chi connectivity index (χ3v) is 5.95. The summed E-state index contributed by atoms with van der Waals surface area (Å²) in [7, 11) is 0. The highest BCUT2D eigenvalue weighted by Gasteiger charge is 2.31. The lowest BCUT2D eigenvalue weighted by molar-refractivity contribution is 0.0694. The molecule has 4 rings (SSSR count). The topological polar surface area (TPSA) is 88.0 Å². The maximum Gasteiger partial charge on any atom is 0.341 e. The van der Waals surface area contributed by atoms with E-state index in [4.69, 9.17) is 5.73 Å². The number of aryl methyl sites for hydroxylation is 1. The van der Waals surface area contributed by atoms with Crippen molar-refractivity contribution in [1.82, 2.24) is 4.40 Å². The second-order valence-corrected chi connectivity index (χ2v) is 7.73. The van der Waals surface area contributed by atoms with Crippen LogP contribution in [0.2, 0.25) is 0 Å². The van der Waals surface area contributed by atoms with Crippen LogP contribution in [0.25, 0.3) is 5.52 Å². The molecule has 2 fully saturated rings. The Morgan fingerprint density at radius 1 is 1.29 bits per heavy atom.